The topological polar surface area (TPSA) is 97.7 Å². The minimum atomic E-state index is -1.34. The van der Waals surface area contributed by atoms with Crippen LogP contribution in [0.4, 0.5) is 0 Å². The average Bonchev–Trinajstić information content (AvgIpc) is 3.24. The van der Waals surface area contributed by atoms with E-state index >= 15 is 0 Å². The second-order valence-corrected chi connectivity index (χ2v) is 10.5. The lowest BCUT2D eigenvalue weighted by Gasteiger charge is -2.32. The molecule has 2 aromatic rings. The quantitative estimate of drug-likeness (QED) is 0.284. The molecule has 0 bridgehead atoms. The first-order chi connectivity index (χ1) is 18.2. The van der Waals surface area contributed by atoms with Crippen molar-refractivity contribution in [3.05, 3.63) is 77.9 Å². The highest BCUT2D eigenvalue weighted by atomic mass is 16.6. The summed E-state index contributed by atoms with van der Waals surface area (Å²) in [6.07, 6.45) is 1.69. The number of fused-ring (bicyclic) bond motifs is 3. The van der Waals surface area contributed by atoms with Crippen LogP contribution in [0.2, 0.25) is 0 Å². The van der Waals surface area contributed by atoms with E-state index in [0.717, 1.165) is 11.1 Å². The number of carbonyl (C=O) groups excluding carboxylic acids is 2. The van der Waals surface area contributed by atoms with Gasteiger partial charge in [0.15, 0.2) is 11.6 Å². The molecular weight excluding hydrogens is 484 g/mol. The Morgan fingerprint density at radius 2 is 1.97 bits per heavy atom. The van der Waals surface area contributed by atoms with Gasteiger partial charge in [0.2, 0.25) is 5.90 Å². The van der Waals surface area contributed by atoms with Gasteiger partial charge in [-0.3, -0.25) is 9.59 Å². The van der Waals surface area contributed by atoms with Gasteiger partial charge in [-0.25, -0.2) is 4.99 Å². The summed E-state index contributed by atoms with van der Waals surface area (Å²) in [5.74, 6) is 0.401. The molecule has 0 spiro atoms. The monoisotopic (exact) mass is 520 g/mol. The van der Waals surface area contributed by atoms with Gasteiger partial charge in [-0.05, 0) is 57.0 Å². The van der Waals surface area contributed by atoms with E-state index in [2.05, 4.69) is 6.58 Å². The third-order valence-corrected chi connectivity index (χ3v) is 6.47. The lowest BCUT2D eigenvalue weighted by molar-refractivity contribution is -0.155. The van der Waals surface area contributed by atoms with Gasteiger partial charge >= 0.3 is 5.97 Å². The van der Waals surface area contributed by atoms with Gasteiger partial charge in [-0.2, -0.15) is 0 Å². The van der Waals surface area contributed by atoms with Gasteiger partial charge in [0, 0.05) is 43.7 Å². The zero-order valence-electron chi connectivity index (χ0n) is 22.3. The van der Waals surface area contributed by atoms with Crippen LogP contribution in [0.25, 0.3) is 0 Å². The summed E-state index contributed by atoms with van der Waals surface area (Å²) >= 11 is 0. The van der Waals surface area contributed by atoms with E-state index in [1.807, 2.05) is 57.2 Å². The first-order valence-corrected chi connectivity index (χ1v) is 13.0. The second kappa shape index (κ2) is 11.4. The van der Waals surface area contributed by atoms with Crippen LogP contribution in [0.3, 0.4) is 0 Å². The lowest BCUT2D eigenvalue weighted by Crippen LogP contribution is -2.48. The van der Waals surface area contributed by atoms with E-state index in [1.165, 1.54) is 0 Å². The van der Waals surface area contributed by atoms with E-state index in [1.54, 1.807) is 23.1 Å². The molecule has 4 rings (SSSR count). The van der Waals surface area contributed by atoms with Crippen molar-refractivity contribution in [3.63, 3.8) is 0 Å². The summed E-state index contributed by atoms with van der Waals surface area (Å²) in [7, 11) is 0. The molecule has 1 amide bonds. The third kappa shape index (κ3) is 5.91. The number of ether oxygens (including phenoxy) is 3. The highest BCUT2D eigenvalue weighted by Crippen LogP contribution is 2.47. The number of aliphatic hydroxyl groups excluding tert-OH is 1. The molecule has 8 heteroatoms. The molecule has 2 heterocycles. The average molecular weight is 521 g/mol. The van der Waals surface area contributed by atoms with E-state index in [0.29, 0.717) is 43.3 Å². The normalized spacial score (nSPS) is 20.5. The van der Waals surface area contributed by atoms with Gasteiger partial charge in [-0.1, -0.05) is 30.3 Å². The number of amides is 1. The number of aliphatic imine (C=N–C) groups is 1. The summed E-state index contributed by atoms with van der Waals surface area (Å²) in [6.45, 7) is 10.5. The predicted octanol–water partition coefficient (Wildman–Crippen LogP) is 4.35. The van der Waals surface area contributed by atoms with Crippen molar-refractivity contribution in [3.8, 4) is 5.75 Å². The molecule has 0 radical (unpaired) electrons. The van der Waals surface area contributed by atoms with Crippen molar-refractivity contribution in [2.75, 3.05) is 19.8 Å². The Morgan fingerprint density at radius 1 is 1.24 bits per heavy atom. The Morgan fingerprint density at radius 3 is 2.66 bits per heavy atom. The number of nitrogens with zero attached hydrogens (tertiary/aromatic N) is 2. The fourth-order valence-electron chi connectivity index (χ4n) is 4.80. The summed E-state index contributed by atoms with van der Waals surface area (Å²) in [5.41, 5.74) is 0.572. The number of carbonyl (C=O) groups is 2. The standard InChI is InChI=1S/C30H36N2O6/c1-5-17-32-20-22-9-6-7-10-24(22)26-30(28(32)35,16-15-25(34)38-29(2,3)4)31-27(37-26)21-11-13-23(14-12-21)36-19-8-18-33/h5-7,9-14,26,33H,1,8,15-20H2,2-4H3/t26-,30-/m1/s1. The molecule has 0 saturated heterocycles. The lowest BCUT2D eigenvalue weighted by atomic mass is 9.83. The Balaban J connectivity index is 1.73. The zero-order valence-corrected chi connectivity index (χ0v) is 22.3. The van der Waals surface area contributed by atoms with Crippen LogP contribution in [-0.4, -0.2) is 58.7 Å². The Hall–Kier alpha value is -3.65. The Kier molecular flexibility index (Phi) is 8.21. The third-order valence-electron chi connectivity index (χ3n) is 6.47. The van der Waals surface area contributed by atoms with Crippen LogP contribution in [0.15, 0.2) is 66.2 Å². The zero-order chi connectivity index (χ0) is 27.3. The largest absolute Gasteiger partial charge is 0.494 e. The smallest absolute Gasteiger partial charge is 0.306 e. The molecule has 1 N–H and O–H groups in total. The fourth-order valence-corrected chi connectivity index (χ4v) is 4.80. The van der Waals surface area contributed by atoms with Crippen molar-refractivity contribution < 1.29 is 28.9 Å². The molecule has 0 aliphatic carbocycles. The highest BCUT2D eigenvalue weighted by Gasteiger charge is 2.56. The van der Waals surface area contributed by atoms with E-state index in [-0.39, 0.29) is 31.3 Å². The van der Waals surface area contributed by atoms with Crippen LogP contribution in [0.5, 0.6) is 5.75 Å². The summed E-state index contributed by atoms with van der Waals surface area (Å²) in [6, 6.07) is 15.1. The number of hydrogen-bond donors (Lipinski definition) is 1. The number of hydrogen-bond acceptors (Lipinski definition) is 7. The van der Waals surface area contributed by atoms with Crippen LogP contribution < -0.4 is 4.74 Å². The van der Waals surface area contributed by atoms with Crippen molar-refractivity contribution in [2.45, 2.75) is 63.8 Å². The van der Waals surface area contributed by atoms with Gasteiger partial charge < -0.3 is 24.2 Å². The van der Waals surface area contributed by atoms with Crippen LogP contribution in [0.1, 0.15) is 62.8 Å². The number of rotatable bonds is 10. The van der Waals surface area contributed by atoms with Crippen molar-refractivity contribution >= 4 is 17.8 Å². The van der Waals surface area contributed by atoms with Gasteiger partial charge in [0.25, 0.3) is 5.91 Å². The number of aliphatic hydroxyl groups is 1. The molecule has 2 aliphatic rings. The number of esters is 1. The molecule has 38 heavy (non-hydrogen) atoms. The van der Waals surface area contributed by atoms with Gasteiger partial charge in [0.05, 0.1) is 6.61 Å². The minimum absolute atomic E-state index is 0.0153. The van der Waals surface area contributed by atoms with E-state index < -0.39 is 17.2 Å². The molecule has 8 nitrogen and oxygen atoms in total. The SMILES string of the molecule is C=CCN1Cc2ccccc2[C@H]2OC(c3ccc(OCCCO)cc3)=N[C@@]2(CCC(=O)OC(C)(C)C)C1=O. The van der Waals surface area contributed by atoms with Gasteiger partial charge in [-0.15, -0.1) is 6.58 Å². The summed E-state index contributed by atoms with van der Waals surface area (Å²) in [4.78, 5) is 33.6. The summed E-state index contributed by atoms with van der Waals surface area (Å²) < 4.78 is 17.7. The van der Waals surface area contributed by atoms with Crippen molar-refractivity contribution in [1.82, 2.24) is 4.90 Å². The van der Waals surface area contributed by atoms with Crippen molar-refractivity contribution in [2.24, 2.45) is 4.99 Å². The first kappa shape index (κ1) is 27.4. The maximum atomic E-state index is 14.2. The molecule has 2 atom stereocenters. The van der Waals surface area contributed by atoms with Crippen LogP contribution in [-0.2, 0) is 25.6 Å². The Labute approximate surface area is 223 Å². The molecule has 2 aliphatic heterocycles. The molecule has 0 fully saturated rings. The second-order valence-electron chi connectivity index (χ2n) is 10.5. The fraction of sp³-hybridized carbons (Fsp3) is 0.433. The molecule has 0 aromatic heterocycles. The van der Waals surface area contributed by atoms with Gasteiger partial charge in [0.1, 0.15) is 11.4 Å². The minimum Gasteiger partial charge on any atom is -0.494 e. The predicted molar refractivity (Wildman–Crippen MR) is 144 cm³/mol. The molecule has 2 aromatic carbocycles. The molecule has 0 saturated carbocycles. The Bertz CT molecular complexity index is 1200. The van der Waals surface area contributed by atoms with Crippen molar-refractivity contribution in [1.29, 1.82) is 0 Å². The maximum absolute atomic E-state index is 14.2. The highest BCUT2D eigenvalue weighted by molar-refractivity contribution is 6.01. The van der Waals surface area contributed by atoms with Crippen LogP contribution in [0, 0.1) is 0 Å². The number of benzene rings is 2. The summed E-state index contributed by atoms with van der Waals surface area (Å²) in [5, 5.41) is 8.98. The molecular formula is C30H36N2O6. The molecule has 0 unspecified atom stereocenters. The van der Waals surface area contributed by atoms with Crippen LogP contribution >= 0.6 is 0 Å². The van der Waals surface area contributed by atoms with E-state index in [9.17, 15) is 9.59 Å². The maximum Gasteiger partial charge on any atom is 0.306 e. The first-order valence-electron chi connectivity index (χ1n) is 13.0. The molecule has 202 valence electrons. The van der Waals surface area contributed by atoms with E-state index in [4.69, 9.17) is 24.3 Å².